The van der Waals surface area contributed by atoms with Gasteiger partial charge in [0.1, 0.15) is 5.75 Å². The lowest BCUT2D eigenvalue weighted by Crippen LogP contribution is -2.21. The first-order valence-corrected chi connectivity index (χ1v) is 15.0. The number of rotatable bonds is 19. The Morgan fingerprint density at radius 3 is 2.10 bits per heavy atom. The lowest BCUT2D eigenvalue weighted by atomic mass is 9.87. The third kappa shape index (κ3) is 12.9. The summed E-state index contributed by atoms with van der Waals surface area (Å²) in [4.78, 5) is 0. The lowest BCUT2D eigenvalue weighted by Gasteiger charge is -2.21. The summed E-state index contributed by atoms with van der Waals surface area (Å²) in [7, 11) is 5.16. The van der Waals surface area contributed by atoms with Gasteiger partial charge in [-0.3, -0.25) is 0 Å². The minimum Gasteiger partial charge on any atom is -0.497 e. The number of hydrogen-bond donors (Lipinski definition) is 2. The van der Waals surface area contributed by atoms with E-state index < -0.39 is 0 Å². The molecule has 0 amide bonds. The number of halogens is 2. The van der Waals surface area contributed by atoms with Crippen LogP contribution in [0.3, 0.4) is 0 Å². The van der Waals surface area contributed by atoms with Gasteiger partial charge in [0.25, 0.3) is 0 Å². The average molecular weight is 598 g/mol. The predicted molar refractivity (Wildman–Crippen MR) is 174 cm³/mol. The van der Waals surface area contributed by atoms with E-state index >= 15 is 0 Å². The molecule has 1 aliphatic rings. The minimum atomic E-state index is 0. The highest BCUT2D eigenvalue weighted by molar-refractivity contribution is 5.85. The van der Waals surface area contributed by atoms with E-state index in [1.54, 1.807) is 21.3 Å². The third-order valence-electron chi connectivity index (χ3n) is 8.03. The molecule has 0 aliphatic heterocycles. The molecule has 228 valence electrons. The zero-order valence-corrected chi connectivity index (χ0v) is 26.7. The molecule has 0 saturated heterocycles. The summed E-state index contributed by atoms with van der Waals surface area (Å²) in [6.45, 7) is 4.45. The summed E-state index contributed by atoms with van der Waals surface area (Å²) in [5.74, 6) is 3.55. The number of methoxy groups -OCH3 is 3. The Hall–Kier alpha value is -1.66. The fourth-order valence-corrected chi connectivity index (χ4v) is 5.75. The maximum atomic E-state index is 5.80. The second-order valence-electron chi connectivity index (χ2n) is 10.7. The lowest BCUT2D eigenvalue weighted by molar-refractivity contribution is 0.333. The van der Waals surface area contributed by atoms with Crippen LogP contribution in [0, 0.1) is 5.92 Å². The summed E-state index contributed by atoms with van der Waals surface area (Å²) < 4.78 is 16.8. The number of aryl methyl sites for hydroxylation is 1. The molecule has 2 aromatic carbocycles. The van der Waals surface area contributed by atoms with Gasteiger partial charge in [-0.05, 0) is 99.9 Å². The van der Waals surface area contributed by atoms with Crippen LogP contribution in [0.25, 0.3) is 0 Å². The van der Waals surface area contributed by atoms with Crippen LogP contribution < -0.4 is 24.8 Å². The van der Waals surface area contributed by atoms with Gasteiger partial charge in [0.15, 0.2) is 11.5 Å². The Morgan fingerprint density at radius 1 is 0.700 bits per heavy atom. The van der Waals surface area contributed by atoms with Gasteiger partial charge >= 0.3 is 0 Å². The highest BCUT2D eigenvalue weighted by Gasteiger charge is 2.15. The molecule has 1 fully saturated rings. The summed E-state index contributed by atoms with van der Waals surface area (Å²) in [5.41, 5.74) is 3.84. The van der Waals surface area contributed by atoms with E-state index in [0.717, 1.165) is 55.5 Å². The molecular formula is C33H54Cl2N2O3. The van der Waals surface area contributed by atoms with E-state index in [9.17, 15) is 0 Å². The SMILES string of the molecule is COc1cccc(CCc2c(CCNCCCCCCNCCC3CCCCC3)ccc(OC)c2OC)c1.Cl.Cl. The summed E-state index contributed by atoms with van der Waals surface area (Å²) in [6.07, 6.45) is 16.7. The number of nitrogens with one attached hydrogen (secondary N) is 2. The van der Waals surface area contributed by atoms with E-state index in [1.165, 1.54) is 94.0 Å². The van der Waals surface area contributed by atoms with Gasteiger partial charge in [-0.1, -0.05) is 63.1 Å². The van der Waals surface area contributed by atoms with Crippen molar-refractivity contribution in [2.75, 3.05) is 47.5 Å². The first kappa shape index (κ1) is 36.4. The molecule has 2 aromatic rings. The maximum absolute atomic E-state index is 5.80. The molecule has 0 radical (unpaired) electrons. The largest absolute Gasteiger partial charge is 0.497 e. The Balaban J connectivity index is 0.00000400. The molecule has 0 aromatic heterocycles. The van der Waals surface area contributed by atoms with E-state index in [2.05, 4.69) is 34.9 Å². The topological polar surface area (TPSA) is 51.8 Å². The maximum Gasteiger partial charge on any atom is 0.164 e. The highest BCUT2D eigenvalue weighted by atomic mass is 35.5. The van der Waals surface area contributed by atoms with Crippen LogP contribution in [-0.2, 0) is 19.3 Å². The fourth-order valence-electron chi connectivity index (χ4n) is 5.75. The van der Waals surface area contributed by atoms with Crippen molar-refractivity contribution in [2.45, 2.75) is 83.5 Å². The fraction of sp³-hybridized carbons (Fsp3) is 0.636. The molecule has 0 atom stereocenters. The Labute approximate surface area is 256 Å². The van der Waals surface area contributed by atoms with E-state index in [0.29, 0.717) is 0 Å². The van der Waals surface area contributed by atoms with Crippen molar-refractivity contribution in [3.8, 4) is 17.2 Å². The van der Waals surface area contributed by atoms with Crippen LogP contribution in [0.4, 0.5) is 0 Å². The predicted octanol–water partition coefficient (Wildman–Crippen LogP) is 7.59. The Bertz CT molecular complexity index is 923. The average Bonchev–Trinajstić information content (AvgIpc) is 2.97. The van der Waals surface area contributed by atoms with Crippen LogP contribution >= 0.6 is 24.8 Å². The van der Waals surface area contributed by atoms with Gasteiger partial charge in [-0.25, -0.2) is 0 Å². The highest BCUT2D eigenvalue weighted by Crippen LogP contribution is 2.35. The minimum absolute atomic E-state index is 0. The molecular weight excluding hydrogens is 543 g/mol. The van der Waals surface area contributed by atoms with E-state index in [4.69, 9.17) is 14.2 Å². The summed E-state index contributed by atoms with van der Waals surface area (Å²) >= 11 is 0. The van der Waals surface area contributed by atoms with Gasteiger partial charge in [0, 0.05) is 5.56 Å². The molecule has 7 heteroatoms. The van der Waals surface area contributed by atoms with Crippen molar-refractivity contribution in [2.24, 2.45) is 5.92 Å². The number of unbranched alkanes of at least 4 members (excludes halogenated alkanes) is 3. The first-order valence-electron chi connectivity index (χ1n) is 15.0. The van der Waals surface area contributed by atoms with Crippen LogP contribution in [0.1, 0.15) is 80.9 Å². The zero-order chi connectivity index (χ0) is 26.8. The Kier molecular flexibility index (Phi) is 20.0. The van der Waals surface area contributed by atoms with Crippen LogP contribution in [0.2, 0.25) is 0 Å². The van der Waals surface area contributed by atoms with Gasteiger partial charge in [-0.2, -0.15) is 0 Å². The zero-order valence-electron chi connectivity index (χ0n) is 25.1. The molecule has 1 aliphatic carbocycles. The second kappa shape index (κ2) is 22.0. The van der Waals surface area contributed by atoms with Gasteiger partial charge in [-0.15, -0.1) is 24.8 Å². The molecule has 40 heavy (non-hydrogen) atoms. The quantitative estimate of drug-likeness (QED) is 0.164. The second-order valence-corrected chi connectivity index (χ2v) is 10.7. The first-order chi connectivity index (χ1) is 18.7. The van der Waals surface area contributed by atoms with Crippen molar-refractivity contribution in [3.63, 3.8) is 0 Å². The smallest absolute Gasteiger partial charge is 0.164 e. The monoisotopic (exact) mass is 596 g/mol. The molecule has 2 N–H and O–H groups in total. The molecule has 0 unspecified atom stereocenters. The summed E-state index contributed by atoms with van der Waals surface area (Å²) in [5, 5.41) is 7.33. The third-order valence-corrected chi connectivity index (χ3v) is 8.03. The van der Waals surface area contributed by atoms with Crippen molar-refractivity contribution >= 4 is 24.8 Å². The van der Waals surface area contributed by atoms with Crippen LogP contribution in [-0.4, -0.2) is 47.5 Å². The van der Waals surface area contributed by atoms with Gasteiger partial charge in [0.2, 0.25) is 0 Å². The van der Waals surface area contributed by atoms with Crippen molar-refractivity contribution in [1.82, 2.24) is 10.6 Å². The van der Waals surface area contributed by atoms with Crippen molar-refractivity contribution in [3.05, 3.63) is 53.1 Å². The molecule has 0 spiro atoms. The van der Waals surface area contributed by atoms with Crippen LogP contribution in [0.15, 0.2) is 36.4 Å². The van der Waals surface area contributed by atoms with Crippen molar-refractivity contribution < 1.29 is 14.2 Å². The molecule has 5 nitrogen and oxygen atoms in total. The number of benzene rings is 2. The molecule has 0 bridgehead atoms. The van der Waals surface area contributed by atoms with Crippen molar-refractivity contribution in [1.29, 1.82) is 0 Å². The van der Waals surface area contributed by atoms with E-state index in [-0.39, 0.29) is 24.8 Å². The molecule has 0 heterocycles. The van der Waals surface area contributed by atoms with Gasteiger partial charge < -0.3 is 24.8 Å². The number of hydrogen-bond acceptors (Lipinski definition) is 5. The van der Waals surface area contributed by atoms with Crippen LogP contribution in [0.5, 0.6) is 17.2 Å². The van der Waals surface area contributed by atoms with Gasteiger partial charge in [0.05, 0.1) is 21.3 Å². The van der Waals surface area contributed by atoms with E-state index in [1.807, 2.05) is 12.1 Å². The number of ether oxygens (including phenoxy) is 3. The molecule has 1 saturated carbocycles. The Morgan fingerprint density at radius 2 is 1.43 bits per heavy atom. The standard InChI is InChI=1S/C33H52N2O3.2ClH/c1-36-30-15-11-14-28(26-30)16-18-31-29(17-19-32(37-2)33(31)38-3)21-25-35-23-10-5-4-9-22-34-24-20-27-12-7-6-8-13-27;;/h11,14-15,17,19,26-27,34-35H,4-10,12-13,16,18,20-25H2,1-3H3;2*1H. The summed E-state index contributed by atoms with van der Waals surface area (Å²) in [6, 6.07) is 12.5. The normalized spacial score (nSPS) is 13.3. The molecule has 3 rings (SSSR count).